The molecule has 0 bridgehead atoms. The molecular formula is C28H30F3N3O4. The van der Waals surface area contributed by atoms with Gasteiger partial charge in [-0.3, -0.25) is 14.7 Å². The zero-order valence-electron chi connectivity index (χ0n) is 21.6. The van der Waals surface area contributed by atoms with E-state index in [1.54, 1.807) is 57.4 Å². The molecule has 3 aromatic rings. The minimum Gasteiger partial charge on any atom is -0.496 e. The van der Waals surface area contributed by atoms with E-state index >= 15 is 0 Å². The summed E-state index contributed by atoms with van der Waals surface area (Å²) >= 11 is 0. The summed E-state index contributed by atoms with van der Waals surface area (Å²) in [6, 6.07) is 10.6. The molecule has 0 spiro atoms. The Balaban J connectivity index is 2.09. The van der Waals surface area contributed by atoms with Crippen molar-refractivity contribution in [3.63, 3.8) is 0 Å². The number of amides is 2. The molecule has 2 amide bonds. The van der Waals surface area contributed by atoms with E-state index in [9.17, 15) is 22.8 Å². The van der Waals surface area contributed by atoms with Crippen LogP contribution in [-0.4, -0.2) is 37.7 Å². The zero-order chi connectivity index (χ0) is 27.9. The summed E-state index contributed by atoms with van der Waals surface area (Å²) in [6.45, 7) is 3.71. The Morgan fingerprint density at radius 3 is 2.45 bits per heavy atom. The van der Waals surface area contributed by atoms with Crippen molar-refractivity contribution in [1.29, 1.82) is 0 Å². The number of urea groups is 1. The predicted octanol–water partition coefficient (Wildman–Crippen LogP) is 6.18. The van der Waals surface area contributed by atoms with Gasteiger partial charge in [-0.25, -0.2) is 4.79 Å². The fourth-order valence-electron chi connectivity index (χ4n) is 4.04. The van der Waals surface area contributed by atoms with Crippen molar-refractivity contribution in [3.05, 3.63) is 77.6 Å². The second kappa shape index (κ2) is 12.4. The number of hydrogen-bond donors (Lipinski definition) is 1. The minimum absolute atomic E-state index is 0.00928. The molecule has 7 nitrogen and oxygen atoms in total. The number of hydrogen-bond acceptors (Lipinski definition) is 5. The molecule has 10 heteroatoms. The third kappa shape index (κ3) is 6.81. The summed E-state index contributed by atoms with van der Waals surface area (Å²) in [7, 11) is 3.00. The third-order valence-electron chi connectivity index (χ3n) is 6.01. The summed E-state index contributed by atoms with van der Waals surface area (Å²) in [4.78, 5) is 30.5. The number of halogens is 3. The van der Waals surface area contributed by atoms with Crippen LogP contribution >= 0.6 is 0 Å². The molecule has 1 aromatic heterocycles. The number of carbonyl (C=O) groups excluding carboxylic acids is 2. The zero-order valence-corrected chi connectivity index (χ0v) is 21.6. The van der Waals surface area contributed by atoms with E-state index in [4.69, 9.17) is 9.47 Å². The standard InChI is InChI=1S/C28H30F3N3O4/c1-5-24(33-27(36)34(3)20-8-7-13-32-17-20)22-16-19(28(29,30)31)10-11-21(22)23-14-18(9-12-25(23)37-4)15-26(35)38-6-2/h7-14,16-17,24H,5-6,15H2,1-4H3,(H,33,36). The van der Waals surface area contributed by atoms with Crippen LogP contribution in [0.15, 0.2) is 60.9 Å². The Bertz CT molecular complexity index is 1270. The smallest absolute Gasteiger partial charge is 0.416 e. The maximum atomic E-state index is 13.7. The highest BCUT2D eigenvalue weighted by Crippen LogP contribution is 2.40. The molecule has 0 aliphatic rings. The molecule has 202 valence electrons. The first-order chi connectivity index (χ1) is 18.1. The Labute approximate surface area is 219 Å². The van der Waals surface area contributed by atoms with E-state index < -0.39 is 29.8 Å². The predicted molar refractivity (Wildman–Crippen MR) is 138 cm³/mol. The van der Waals surface area contributed by atoms with Crippen LogP contribution in [0.1, 0.15) is 43.0 Å². The highest BCUT2D eigenvalue weighted by atomic mass is 19.4. The number of nitrogens with zero attached hydrogens (tertiary/aromatic N) is 2. The van der Waals surface area contributed by atoms with Gasteiger partial charge in [0.2, 0.25) is 0 Å². The molecule has 1 N–H and O–H groups in total. The van der Waals surface area contributed by atoms with Crippen molar-refractivity contribution in [2.24, 2.45) is 0 Å². The Morgan fingerprint density at radius 2 is 1.84 bits per heavy atom. The molecule has 1 unspecified atom stereocenters. The highest BCUT2D eigenvalue weighted by Gasteiger charge is 2.32. The van der Waals surface area contributed by atoms with E-state index in [1.165, 1.54) is 24.3 Å². The lowest BCUT2D eigenvalue weighted by molar-refractivity contribution is -0.142. The Morgan fingerprint density at radius 1 is 1.08 bits per heavy atom. The molecule has 0 saturated carbocycles. The molecule has 3 rings (SSSR count). The summed E-state index contributed by atoms with van der Waals surface area (Å²) in [5.74, 6) is -0.0133. The van der Waals surface area contributed by atoms with Crippen molar-refractivity contribution in [2.45, 2.75) is 38.9 Å². The number of carbonyl (C=O) groups is 2. The minimum atomic E-state index is -4.59. The van der Waals surface area contributed by atoms with Crippen LogP contribution in [0.25, 0.3) is 11.1 Å². The lowest BCUT2D eigenvalue weighted by Gasteiger charge is -2.26. The van der Waals surface area contributed by atoms with E-state index in [0.29, 0.717) is 34.5 Å². The molecular weight excluding hydrogens is 499 g/mol. The van der Waals surface area contributed by atoms with Crippen molar-refractivity contribution in [1.82, 2.24) is 10.3 Å². The topological polar surface area (TPSA) is 80.8 Å². The third-order valence-corrected chi connectivity index (χ3v) is 6.01. The van der Waals surface area contributed by atoms with Gasteiger partial charge in [-0.1, -0.05) is 19.1 Å². The van der Waals surface area contributed by atoms with Gasteiger partial charge in [-0.2, -0.15) is 13.2 Å². The molecule has 38 heavy (non-hydrogen) atoms. The van der Waals surface area contributed by atoms with E-state index in [2.05, 4.69) is 10.3 Å². The Hall–Kier alpha value is -4.08. The van der Waals surface area contributed by atoms with Crippen molar-refractivity contribution in [2.75, 3.05) is 25.7 Å². The number of rotatable bonds is 9. The van der Waals surface area contributed by atoms with Gasteiger partial charge in [-0.15, -0.1) is 0 Å². The van der Waals surface area contributed by atoms with Crippen LogP contribution in [0.3, 0.4) is 0 Å². The highest BCUT2D eigenvalue weighted by molar-refractivity contribution is 5.91. The van der Waals surface area contributed by atoms with Gasteiger partial charge in [0.05, 0.1) is 43.6 Å². The fourth-order valence-corrected chi connectivity index (χ4v) is 4.04. The summed E-state index contributed by atoms with van der Waals surface area (Å²) in [5.41, 5.74) is 1.49. The second-order valence-corrected chi connectivity index (χ2v) is 8.50. The van der Waals surface area contributed by atoms with Crippen LogP contribution in [0.4, 0.5) is 23.7 Å². The number of benzene rings is 2. The SMILES string of the molecule is CCOC(=O)Cc1ccc(OC)c(-c2ccc(C(F)(F)F)cc2C(CC)NC(=O)N(C)c2cccnc2)c1. The Kier molecular flexibility index (Phi) is 9.33. The van der Waals surface area contributed by atoms with Crippen LogP contribution in [0.2, 0.25) is 0 Å². The maximum absolute atomic E-state index is 13.7. The number of nitrogens with one attached hydrogen (secondary N) is 1. The van der Waals surface area contributed by atoms with Gasteiger partial charge in [0.15, 0.2) is 0 Å². The molecule has 0 fully saturated rings. The largest absolute Gasteiger partial charge is 0.496 e. The first-order valence-corrected chi connectivity index (χ1v) is 12.1. The molecule has 0 radical (unpaired) electrons. The maximum Gasteiger partial charge on any atom is 0.416 e. The summed E-state index contributed by atoms with van der Waals surface area (Å²) < 4.78 is 51.7. The van der Waals surface area contributed by atoms with Gasteiger partial charge >= 0.3 is 18.2 Å². The van der Waals surface area contributed by atoms with Gasteiger partial charge < -0.3 is 14.8 Å². The quantitative estimate of drug-likeness (QED) is 0.335. The summed E-state index contributed by atoms with van der Waals surface area (Å²) in [6.07, 6.45) is -1.20. The number of anilines is 1. The van der Waals surface area contributed by atoms with Crippen molar-refractivity contribution < 1.29 is 32.2 Å². The van der Waals surface area contributed by atoms with Crippen LogP contribution in [-0.2, 0) is 22.1 Å². The first-order valence-electron chi connectivity index (χ1n) is 12.1. The fraction of sp³-hybridized carbons (Fsp3) is 0.321. The van der Waals surface area contributed by atoms with Gasteiger partial charge in [0.25, 0.3) is 0 Å². The van der Waals surface area contributed by atoms with Gasteiger partial charge in [0, 0.05) is 18.8 Å². The monoisotopic (exact) mass is 529 g/mol. The van der Waals surface area contributed by atoms with E-state index in [0.717, 1.165) is 12.1 Å². The number of esters is 1. The molecule has 0 aliphatic carbocycles. The van der Waals surface area contributed by atoms with Gasteiger partial charge in [0.1, 0.15) is 5.75 Å². The number of methoxy groups -OCH3 is 1. The number of alkyl halides is 3. The van der Waals surface area contributed by atoms with Crippen LogP contribution < -0.4 is 15.0 Å². The lowest BCUT2D eigenvalue weighted by Crippen LogP contribution is -2.39. The number of pyridine rings is 1. The number of ether oxygens (including phenoxy) is 2. The van der Waals surface area contributed by atoms with E-state index in [1.807, 2.05) is 0 Å². The van der Waals surface area contributed by atoms with Crippen molar-refractivity contribution in [3.8, 4) is 16.9 Å². The normalized spacial score (nSPS) is 12.0. The van der Waals surface area contributed by atoms with Crippen LogP contribution in [0, 0.1) is 0 Å². The number of aromatic nitrogens is 1. The average molecular weight is 530 g/mol. The molecule has 0 aliphatic heterocycles. The lowest BCUT2D eigenvalue weighted by atomic mass is 9.90. The molecule has 0 saturated heterocycles. The second-order valence-electron chi connectivity index (χ2n) is 8.50. The molecule has 1 atom stereocenters. The van der Waals surface area contributed by atoms with Crippen molar-refractivity contribution >= 4 is 17.7 Å². The molecule has 2 aromatic carbocycles. The average Bonchev–Trinajstić information content (AvgIpc) is 2.91. The summed E-state index contributed by atoms with van der Waals surface area (Å²) in [5, 5.41) is 2.85. The van der Waals surface area contributed by atoms with E-state index in [-0.39, 0.29) is 18.6 Å². The first kappa shape index (κ1) is 28.5. The van der Waals surface area contributed by atoms with Crippen LogP contribution in [0.5, 0.6) is 5.75 Å². The molecule has 1 heterocycles. The van der Waals surface area contributed by atoms with Gasteiger partial charge in [-0.05, 0) is 66.4 Å².